The average molecular weight is 659 g/mol. The minimum absolute atomic E-state index is 0. The van der Waals surface area contributed by atoms with Crippen molar-refractivity contribution in [2.75, 3.05) is 0 Å². The van der Waals surface area contributed by atoms with E-state index in [-0.39, 0.29) is 24.8 Å². The van der Waals surface area contributed by atoms with Crippen molar-refractivity contribution in [3.8, 4) is 22.3 Å². The van der Waals surface area contributed by atoms with Crippen molar-refractivity contribution in [1.82, 2.24) is 0 Å². The van der Waals surface area contributed by atoms with Crippen molar-refractivity contribution in [2.24, 2.45) is 0 Å². The fraction of sp³-hybridized carbons (Fsp3) is 0.222. The normalized spacial score (nSPS) is 16.4. The topological polar surface area (TPSA) is 0 Å². The molecule has 0 saturated heterocycles. The van der Waals surface area contributed by atoms with Gasteiger partial charge in [0.1, 0.15) is 0 Å². The van der Waals surface area contributed by atoms with Gasteiger partial charge < -0.3 is 24.8 Å². The van der Waals surface area contributed by atoms with Gasteiger partial charge in [0.15, 0.2) is 0 Å². The molecule has 6 rings (SSSR count). The van der Waals surface area contributed by atoms with E-state index in [0.717, 1.165) is 0 Å². The van der Waals surface area contributed by atoms with Crippen LogP contribution in [-0.4, -0.2) is 5.43 Å². The van der Waals surface area contributed by atoms with Crippen LogP contribution in [0.15, 0.2) is 96.1 Å². The van der Waals surface area contributed by atoms with E-state index in [9.17, 15) is 0 Å². The van der Waals surface area contributed by atoms with Gasteiger partial charge >= 0.3 is 238 Å². The molecule has 2 aliphatic carbocycles. The van der Waals surface area contributed by atoms with E-state index in [0.29, 0.717) is 7.25 Å². The van der Waals surface area contributed by atoms with Gasteiger partial charge in [-0.2, -0.15) is 0 Å². The summed E-state index contributed by atoms with van der Waals surface area (Å²) in [5.41, 5.74) is 17.1. The molecular formula is C36H36Cl2SiZr. The van der Waals surface area contributed by atoms with Crippen molar-refractivity contribution >= 4 is 17.6 Å². The van der Waals surface area contributed by atoms with Crippen LogP contribution in [0.25, 0.3) is 34.4 Å². The molecule has 202 valence electrons. The Bertz CT molecular complexity index is 1570. The molecule has 0 spiro atoms. The Labute approximate surface area is 260 Å². The first-order valence-corrected chi connectivity index (χ1v) is 22.8. The summed E-state index contributed by atoms with van der Waals surface area (Å²) in [5, 5.41) is 0. The molecule has 0 fully saturated rings. The fourth-order valence-electron chi connectivity index (χ4n) is 6.80. The number of aryl methyl sites for hydroxylation is 2. The van der Waals surface area contributed by atoms with Crippen molar-refractivity contribution in [2.45, 2.75) is 48.0 Å². The molecule has 0 amide bonds. The number of fused-ring (bicyclic) bond motifs is 2. The summed E-state index contributed by atoms with van der Waals surface area (Å²) in [6, 6.07) is 32.2. The molecule has 4 aromatic rings. The molecule has 0 heterocycles. The molecule has 0 aromatic heterocycles. The Kier molecular flexibility index (Phi) is 9.68. The third-order valence-corrected chi connectivity index (χ3v) is 28.3. The predicted octanol–water partition coefficient (Wildman–Crippen LogP) is 4.13. The van der Waals surface area contributed by atoms with Crippen molar-refractivity contribution in [3.63, 3.8) is 0 Å². The first kappa shape index (κ1) is 31.0. The van der Waals surface area contributed by atoms with E-state index >= 15 is 0 Å². The molecule has 2 unspecified atom stereocenters. The van der Waals surface area contributed by atoms with Crippen LogP contribution in [0.1, 0.15) is 54.5 Å². The van der Waals surface area contributed by atoms with Gasteiger partial charge in [-0.25, -0.2) is 0 Å². The Morgan fingerprint density at radius 2 is 0.950 bits per heavy atom. The minimum atomic E-state index is -2.07. The van der Waals surface area contributed by atoms with Crippen molar-refractivity contribution in [3.05, 3.63) is 129 Å². The van der Waals surface area contributed by atoms with Crippen LogP contribution in [0.4, 0.5) is 0 Å². The summed E-state index contributed by atoms with van der Waals surface area (Å²) in [7, 11) is 0. The van der Waals surface area contributed by atoms with Crippen LogP contribution in [0.2, 0.25) is 13.1 Å². The van der Waals surface area contributed by atoms with Gasteiger partial charge in [-0.1, -0.05) is 0 Å². The van der Waals surface area contributed by atoms with Crippen LogP contribution in [0.5, 0.6) is 0 Å². The maximum Gasteiger partial charge on any atom is -1.00 e. The maximum atomic E-state index is 2.62. The number of benzene rings is 4. The van der Waals surface area contributed by atoms with Crippen LogP contribution in [0, 0.1) is 13.8 Å². The number of hydrogen-bond donors (Lipinski definition) is 0. The monoisotopic (exact) mass is 656 g/mol. The number of hydrogen-bond acceptors (Lipinski definition) is 0. The summed E-state index contributed by atoms with van der Waals surface area (Å²) >= 11 is -2.07. The zero-order valence-corrected chi connectivity index (χ0v) is 29.1. The Morgan fingerprint density at radius 3 is 1.32 bits per heavy atom. The molecule has 4 aromatic carbocycles. The summed E-state index contributed by atoms with van der Waals surface area (Å²) in [4.78, 5) is 0. The quantitative estimate of drug-likeness (QED) is 0.290. The van der Waals surface area contributed by atoms with E-state index in [1.165, 1.54) is 44.5 Å². The molecule has 0 nitrogen and oxygen atoms in total. The minimum Gasteiger partial charge on any atom is -1.00 e. The molecule has 2 atom stereocenters. The molecule has 2 aliphatic rings. The molecular weight excluding hydrogens is 623 g/mol. The molecule has 0 bridgehead atoms. The molecule has 0 N–H and O–H groups in total. The van der Waals surface area contributed by atoms with Gasteiger partial charge in [0, 0.05) is 0 Å². The summed E-state index contributed by atoms with van der Waals surface area (Å²) < 4.78 is 1.31. The second-order valence-electron chi connectivity index (χ2n) is 11.5. The summed E-state index contributed by atoms with van der Waals surface area (Å²) in [6.45, 7) is 14.5. The van der Waals surface area contributed by atoms with Gasteiger partial charge in [0.05, 0.1) is 0 Å². The van der Waals surface area contributed by atoms with Gasteiger partial charge in [0.25, 0.3) is 0 Å². The first-order chi connectivity index (χ1) is 18.3. The van der Waals surface area contributed by atoms with Crippen LogP contribution in [0.3, 0.4) is 0 Å². The Morgan fingerprint density at radius 1 is 0.550 bits per heavy atom. The largest absolute Gasteiger partial charge is 1.00 e. The van der Waals surface area contributed by atoms with Crippen molar-refractivity contribution in [1.29, 1.82) is 0 Å². The molecule has 40 heavy (non-hydrogen) atoms. The fourth-order valence-corrected chi connectivity index (χ4v) is 27.5. The van der Waals surface area contributed by atoms with E-state index in [1.807, 2.05) is 0 Å². The van der Waals surface area contributed by atoms with Crippen LogP contribution >= 0.6 is 0 Å². The van der Waals surface area contributed by atoms with Gasteiger partial charge in [-0.3, -0.25) is 0 Å². The second-order valence-corrected chi connectivity index (χ2v) is 29.3. The van der Waals surface area contributed by atoms with Gasteiger partial charge in [-0.15, -0.1) is 0 Å². The van der Waals surface area contributed by atoms with E-state index in [1.54, 1.807) is 22.3 Å². The third-order valence-electron chi connectivity index (χ3n) is 8.41. The predicted molar refractivity (Wildman–Crippen MR) is 163 cm³/mol. The van der Waals surface area contributed by atoms with Gasteiger partial charge in [0.2, 0.25) is 0 Å². The number of halogens is 2. The SMILES string of the molecule is CC1=Cc2c(-c3cccc(C)c3)cccc2[CH]1[Zr+2]([CH]1C(C)=Cc2c(-c3cccc(C)c3)cccc21)=[Si](C)C.[Cl-].[Cl-]. The Balaban J connectivity index is 0.00000185. The zero-order chi connectivity index (χ0) is 26.6. The molecule has 4 heteroatoms. The number of allylic oxidation sites excluding steroid dienone is 2. The van der Waals surface area contributed by atoms with E-state index < -0.39 is 25.8 Å². The smallest absolute Gasteiger partial charge is 1.00 e. The molecule has 0 aliphatic heterocycles. The number of rotatable bonds is 4. The first-order valence-electron chi connectivity index (χ1n) is 13.8. The van der Waals surface area contributed by atoms with E-state index in [4.69, 9.17) is 0 Å². The maximum absolute atomic E-state index is 2.62. The van der Waals surface area contributed by atoms with Crippen molar-refractivity contribution < 1.29 is 45.2 Å². The third kappa shape index (κ3) is 5.46. The average Bonchev–Trinajstić information content (AvgIpc) is 3.40. The molecule has 0 radical (unpaired) electrons. The van der Waals surface area contributed by atoms with Crippen LogP contribution < -0.4 is 24.8 Å². The Hall–Kier alpha value is -1.96. The summed E-state index contributed by atoms with van der Waals surface area (Å²) in [6.07, 6.45) is 5.09. The molecule has 0 saturated carbocycles. The zero-order valence-electron chi connectivity index (χ0n) is 24.1. The second kappa shape index (κ2) is 12.5. The summed E-state index contributed by atoms with van der Waals surface area (Å²) in [5.74, 6) is 0. The van der Waals surface area contributed by atoms with E-state index in [2.05, 4.69) is 138 Å². The van der Waals surface area contributed by atoms with Crippen LogP contribution in [-0.2, 0) is 20.4 Å². The van der Waals surface area contributed by atoms with Gasteiger partial charge in [-0.05, 0) is 0 Å². The standard InChI is InChI=1S/2C17H15.C2H6Si.2ClH.Zr/c2*1-12-5-3-6-14(9-12)16-8-4-7-15-10-13(2)11-17(15)16;1-3-2;;;/h2*3-11H,1-2H3;1-2H3;2*1H;/q;;;;;+2/p-2.